The van der Waals surface area contributed by atoms with Gasteiger partial charge in [-0.05, 0) is 31.0 Å². The molecule has 0 amide bonds. The van der Waals surface area contributed by atoms with Crippen molar-refractivity contribution in [3.63, 3.8) is 0 Å². The van der Waals surface area contributed by atoms with Crippen molar-refractivity contribution in [1.29, 1.82) is 0 Å². The van der Waals surface area contributed by atoms with E-state index in [4.69, 9.17) is 10.5 Å². The summed E-state index contributed by atoms with van der Waals surface area (Å²) in [6.45, 7) is 1.07. The van der Waals surface area contributed by atoms with Gasteiger partial charge in [0.2, 0.25) is 0 Å². The number of nitrogen functional groups attached to an aromatic ring is 1. The zero-order chi connectivity index (χ0) is 14.9. The molecule has 3 N–H and O–H groups in total. The summed E-state index contributed by atoms with van der Waals surface area (Å²) in [5.74, 6) is 0.804. The number of ether oxygens (including phenoxy) is 1. The molecule has 0 radical (unpaired) electrons. The molecule has 0 saturated carbocycles. The van der Waals surface area contributed by atoms with Gasteiger partial charge in [-0.25, -0.2) is 13.4 Å². The van der Waals surface area contributed by atoms with Gasteiger partial charge in [0, 0.05) is 25.3 Å². The number of benzene rings is 1. The number of imidazole rings is 1. The molecule has 3 rings (SSSR count). The van der Waals surface area contributed by atoms with E-state index in [1.165, 1.54) is 0 Å². The smallest absolute Gasteiger partial charge is 0.153 e. The minimum absolute atomic E-state index is 0.118. The van der Waals surface area contributed by atoms with Crippen molar-refractivity contribution in [2.24, 2.45) is 0 Å². The molecular formula is C14H19N3O3S. The number of hydrogen-bond donors (Lipinski definition) is 2. The normalized spacial score (nSPS) is 17.3. The van der Waals surface area contributed by atoms with Crippen molar-refractivity contribution in [3.05, 3.63) is 24.0 Å². The van der Waals surface area contributed by atoms with Crippen LogP contribution in [0, 0.1) is 0 Å². The highest BCUT2D eigenvalue weighted by molar-refractivity contribution is 7.92. The van der Waals surface area contributed by atoms with Crippen LogP contribution in [0.3, 0.4) is 0 Å². The van der Waals surface area contributed by atoms with Crippen LogP contribution in [0.2, 0.25) is 0 Å². The minimum Gasteiger partial charge on any atom is -0.399 e. The van der Waals surface area contributed by atoms with Gasteiger partial charge in [-0.1, -0.05) is 0 Å². The predicted octanol–water partition coefficient (Wildman–Crippen LogP) is 1.28. The van der Waals surface area contributed by atoms with E-state index in [2.05, 4.69) is 9.97 Å². The van der Waals surface area contributed by atoms with Gasteiger partial charge in [0.15, 0.2) is 9.84 Å². The van der Waals surface area contributed by atoms with E-state index >= 15 is 0 Å². The highest BCUT2D eigenvalue weighted by Crippen LogP contribution is 2.19. The molecule has 21 heavy (non-hydrogen) atoms. The SMILES string of the molecule is Nc1ccc2nc(CCS(=O)(=O)C3CCOCC3)[nH]c2c1. The van der Waals surface area contributed by atoms with Crippen LogP contribution in [0.5, 0.6) is 0 Å². The van der Waals surface area contributed by atoms with Crippen LogP contribution in [0.25, 0.3) is 11.0 Å². The van der Waals surface area contributed by atoms with Crippen LogP contribution in [0.15, 0.2) is 18.2 Å². The third-order valence-electron chi connectivity index (χ3n) is 3.85. The number of nitrogens with zero attached hydrogens (tertiary/aromatic N) is 1. The Morgan fingerprint density at radius 2 is 2.10 bits per heavy atom. The van der Waals surface area contributed by atoms with Gasteiger partial charge in [0.1, 0.15) is 5.82 Å². The minimum atomic E-state index is -3.09. The summed E-state index contributed by atoms with van der Waals surface area (Å²) in [6.07, 6.45) is 1.59. The molecule has 0 spiro atoms. The third kappa shape index (κ3) is 3.19. The van der Waals surface area contributed by atoms with E-state index in [1.54, 1.807) is 12.1 Å². The lowest BCUT2D eigenvalue weighted by molar-refractivity contribution is 0.0983. The van der Waals surface area contributed by atoms with Gasteiger partial charge < -0.3 is 15.5 Å². The van der Waals surface area contributed by atoms with Crippen LogP contribution in [0.4, 0.5) is 5.69 Å². The molecule has 0 bridgehead atoms. The fourth-order valence-electron chi connectivity index (χ4n) is 2.64. The zero-order valence-corrected chi connectivity index (χ0v) is 12.5. The number of anilines is 1. The number of aryl methyl sites for hydroxylation is 1. The maximum absolute atomic E-state index is 12.3. The average Bonchev–Trinajstić information content (AvgIpc) is 2.88. The quantitative estimate of drug-likeness (QED) is 0.829. The molecule has 2 aromatic rings. The average molecular weight is 309 g/mol. The fraction of sp³-hybridized carbons (Fsp3) is 0.500. The first-order valence-electron chi connectivity index (χ1n) is 7.08. The Balaban J connectivity index is 1.70. The highest BCUT2D eigenvalue weighted by Gasteiger charge is 2.27. The monoisotopic (exact) mass is 309 g/mol. The van der Waals surface area contributed by atoms with Crippen molar-refractivity contribution in [2.45, 2.75) is 24.5 Å². The third-order valence-corrected chi connectivity index (χ3v) is 6.11. The number of aromatic nitrogens is 2. The van der Waals surface area contributed by atoms with Crippen molar-refractivity contribution in [2.75, 3.05) is 24.7 Å². The van der Waals surface area contributed by atoms with Crippen molar-refractivity contribution in [1.82, 2.24) is 9.97 Å². The van der Waals surface area contributed by atoms with Crippen LogP contribution in [0.1, 0.15) is 18.7 Å². The first-order chi connectivity index (χ1) is 10.0. The number of hydrogen-bond acceptors (Lipinski definition) is 5. The van der Waals surface area contributed by atoms with Gasteiger partial charge in [-0.3, -0.25) is 0 Å². The summed E-state index contributed by atoms with van der Waals surface area (Å²) >= 11 is 0. The zero-order valence-electron chi connectivity index (χ0n) is 11.7. The second kappa shape index (κ2) is 5.65. The first-order valence-corrected chi connectivity index (χ1v) is 8.79. The van der Waals surface area contributed by atoms with Gasteiger partial charge in [-0.15, -0.1) is 0 Å². The van der Waals surface area contributed by atoms with Crippen LogP contribution in [-0.2, 0) is 21.0 Å². The number of fused-ring (bicyclic) bond motifs is 1. The second-order valence-corrected chi connectivity index (χ2v) is 7.79. The summed E-state index contributed by atoms with van der Waals surface area (Å²) in [7, 11) is -3.09. The summed E-state index contributed by atoms with van der Waals surface area (Å²) in [6, 6.07) is 5.42. The summed E-state index contributed by atoms with van der Waals surface area (Å²) in [5.41, 5.74) is 8.03. The van der Waals surface area contributed by atoms with E-state index in [9.17, 15) is 8.42 Å². The Kier molecular flexibility index (Phi) is 3.86. The number of sulfone groups is 1. The highest BCUT2D eigenvalue weighted by atomic mass is 32.2. The van der Waals surface area contributed by atoms with Crippen LogP contribution < -0.4 is 5.73 Å². The number of H-pyrrole nitrogens is 1. The standard InChI is InChI=1S/C14H19N3O3S/c15-10-1-2-12-13(9-10)17-14(16-12)5-8-21(18,19)11-3-6-20-7-4-11/h1-2,9,11H,3-8,15H2,(H,16,17). The Hall–Kier alpha value is -1.60. The molecule has 0 unspecified atom stereocenters. The molecule has 1 aliphatic rings. The maximum atomic E-state index is 12.3. The molecule has 1 aromatic heterocycles. The van der Waals surface area contributed by atoms with E-state index in [0.717, 1.165) is 11.0 Å². The molecule has 1 aliphatic heterocycles. The fourth-order valence-corrected chi connectivity index (χ4v) is 4.36. The van der Waals surface area contributed by atoms with Gasteiger partial charge in [0.25, 0.3) is 0 Å². The lowest BCUT2D eigenvalue weighted by Gasteiger charge is -2.21. The number of rotatable bonds is 4. The van der Waals surface area contributed by atoms with Crippen LogP contribution in [-0.4, -0.2) is 42.6 Å². The molecule has 2 heterocycles. The lowest BCUT2D eigenvalue weighted by atomic mass is 10.2. The molecular weight excluding hydrogens is 290 g/mol. The van der Waals surface area contributed by atoms with Crippen molar-refractivity contribution >= 4 is 26.6 Å². The Labute approximate surface area is 123 Å². The summed E-state index contributed by atoms with van der Waals surface area (Å²) in [4.78, 5) is 7.53. The topological polar surface area (TPSA) is 98.1 Å². The molecule has 0 aliphatic carbocycles. The molecule has 1 saturated heterocycles. The van der Waals surface area contributed by atoms with Crippen molar-refractivity contribution < 1.29 is 13.2 Å². The van der Waals surface area contributed by atoms with Gasteiger partial charge in [-0.2, -0.15) is 0 Å². The Bertz CT molecular complexity index is 733. The number of aromatic amines is 1. The van der Waals surface area contributed by atoms with Crippen LogP contribution >= 0.6 is 0 Å². The van der Waals surface area contributed by atoms with Crippen molar-refractivity contribution in [3.8, 4) is 0 Å². The summed E-state index contributed by atoms with van der Waals surface area (Å²) < 4.78 is 29.8. The first kappa shape index (κ1) is 14.3. The van der Waals surface area contributed by atoms with E-state index < -0.39 is 9.84 Å². The van der Waals surface area contributed by atoms with E-state index in [-0.39, 0.29) is 11.0 Å². The molecule has 1 aromatic carbocycles. The number of nitrogens with two attached hydrogens (primary N) is 1. The van der Waals surface area contributed by atoms with E-state index in [0.29, 0.717) is 44.0 Å². The second-order valence-electron chi connectivity index (χ2n) is 5.39. The molecule has 7 heteroatoms. The largest absolute Gasteiger partial charge is 0.399 e. The molecule has 114 valence electrons. The Morgan fingerprint density at radius 3 is 2.86 bits per heavy atom. The Morgan fingerprint density at radius 1 is 1.33 bits per heavy atom. The van der Waals surface area contributed by atoms with Gasteiger partial charge in [0.05, 0.1) is 22.0 Å². The summed E-state index contributed by atoms with van der Waals surface area (Å²) in [5, 5.41) is -0.272. The molecule has 0 atom stereocenters. The van der Waals surface area contributed by atoms with E-state index in [1.807, 2.05) is 6.07 Å². The number of nitrogens with one attached hydrogen (secondary N) is 1. The molecule has 1 fully saturated rings. The molecule has 6 nitrogen and oxygen atoms in total. The maximum Gasteiger partial charge on any atom is 0.153 e. The van der Waals surface area contributed by atoms with Gasteiger partial charge >= 0.3 is 0 Å². The predicted molar refractivity (Wildman–Crippen MR) is 81.8 cm³/mol. The lowest BCUT2D eigenvalue weighted by Crippen LogP contribution is -2.31.